The van der Waals surface area contributed by atoms with E-state index >= 15 is 0 Å². The molecule has 1 aromatic heterocycles. The van der Waals surface area contributed by atoms with Crippen LogP contribution in [-0.2, 0) is 0 Å². The summed E-state index contributed by atoms with van der Waals surface area (Å²) in [5.41, 5.74) is 11.8. The first-order chi connectivity index (χ1) is 23.3. The molecule has 0 radical (unpaired) electrons. The summed E-state index contributed by atoms with van der Waals surface area (Å²) < 4.78 is 6.37. The number of furan rings is 1. The molecule has 0 saturated heterocycles. The molecule has 0 aliphatic rings. The summed E-state index contributed by atoms with van der Waals surface area (Å²) in [4.78, 5) is 0. The van der Waals surface area contributed by atoms with Gasteiger partial charge in [-0.2, -0.15) is 0 Å². The third-order valence-corrected chi connectivity index (χ3v) is 9.85. The minimum absolute atomic E-state index is 0.935. The van der Waals surface area contributed by atoms with Gasteiger partial charge < -0.3 is 4.42 Å². The van der Waals surface area contributed by atoms with Gasteiger partial charge in [-0.15, -0.1) is 0 Å². The number of rotatable bonds is 4. The van der Waals surface area contributed by atoms with Gasteiger partial charge in [-0.3, -0.25) is 0 Å². The van der Waals surface area contributed by atoms with Crippen molar-refractivity contribution < 1.29 is 4.42 Å². The van der Waals surface area contributed by atoms with Gasteiger partial charge in [0.15, 0.2) is 0 Å². The predicted octanol–water partition coefficient (Wildman–Crippen LogP) is 13.2. The van der Waals surface area contributed by atoms with E-state index in [-0.39, 0.29) is 0 Å². The van der Waals surface area contributed by atoms with Gasteiger partial charge in [0.2, 0.25) is 0 Å². The number of fused-ring (bicyclic) bond motifs is 2. The Bertz CT molecular complexity index is 2650. The second-order valence-electron chi connectivity index (χ2n) is 12.4. The molecule has 0 saturated carbocycles. The first-order valence-electron chi connectivity index (χ1n) is 16.2. The van der Waals surface area contributed by atoms with E-state index < -0.39 is 0 Å². The van der Waals surface area contributed by atoms with E-state index in [1.807, 2.05) is 0 Å². The molecular weight excluding hydrogens is 569 g/mol. The lowest BCUT2D eigenvalue weighted by Crippen LogP contribution is -1.95. The standard InChI is InChI=1S/C46H28O/c1-3-13-29(14-4-1)32-22-12-23-33(30-15-5-2-6-16-30)44(32)45-36-20-9-7-18-34(36)43(35-19-8-10-21-37(35)45)38-27-28-41-46-39(38)26-25-31-17-11-24-40(47-41)42(31)46/h1-28H. The Hall–Kier alpha value is -6.18. The third-order valence-electron chi connectivity index (χ3n) is 9.85. The van der Waals surface area contributed by atoms with Crippen LogP contribution >= 0.6 is 0 Å². The molecule has 0 atom stereocenters. The molecule has 0 amide bonds. The number of benzene rings is 9. The molecule has 0 fully saturated rings. The molecule has 218 valence electrons. The molecule has 1 heterocycles. The molecule has 0 bridgehead atoms. The van der Waals surface area contributed by atoms with Crippen molar-refractivity contribution in [2.75, 3.05) is 0 Å². The maximum atomic E-state index is 6.37. The molecule has 0 unspecified atom stereocenters. The SMILES string of the molecule is c1ccc(-c2cccc(-c3ccccc3)c2-c2c3ccccc3c(-c3ccc4oc5cccc6ccc3c4c65)c3ccccc23)cc1. The maximum absolute atomic E-state index is 6.37. The van der Waals surface area contributed by atoms with Crippen LogP contribution in [0.3, 0.4) is 0 Å². The fraction of sp³-hybridized carbons (Fsp3) is 0. The largest absolute Gasteiger partial charge is 0.456 e. The van der Waals surface area contributed by atoms with E-state index in [9.17, 15) is 0 Å². The maximum Gasteiger partial charge on any atom is 0.136 e. The minimum Gasteiger partial charge on any atom is -0.456 e. The van der Waals surface area contributed by atoms with Gasteiger partial charge in [0.25, 0.3) is 0 Å². The highest BCUT2D eigenvalue weighted by Crippen LogP contribution is 2.51. The molecule has 0 spiro atoms. The minimum atomic E-state index is 0.935. The Kier molecular flexibility index (Phi) is 5.64. The molecule has 9 aromatic carbocycles. The summed E-state index contributed by atoms with van der Waals surface area (Å²) in [7, 11) is 0. The Labute approximate surface area is 272 Å². The lowest BCUT2D eigenvalue weighted by Gasteiger charge is -2.22. The van der Waals surface area contributed by atoms with Crippen LogP contribution in [0.1, 0.15) is 0 Å². The smallest absolute Gasteiger partial charge is 0.136 e. The van der Waals surface area contributed by atoms with Crippen molar-refractivity contribution in [3.05, 3.63) is 170 Å². The normalized spacial score (nSPS) is 11.8. The highest BCUT2D eigenvalue weighted by atomic mass is 16.3. The predicted molar refractivity (Wildman–Crippen MR) is 199 cm³/mol. The monoisotopic (exact) mass is 596 g/mol. The van der Waals surface area contributed by atoms with E-state index in [2.05, 4.69) is 170 Å². The van der Waals surface area contributed by atoms with E-state index in [4.69, 9.17) is 4.42 Å². The summed E-state index contributed by atoms with van der Waals surface area (Å²) >= 11 is 0. The first-order valence-corrected chi connectivity index (χ1v) is 16.2. The topological polar surface area (TPSA) is 13.1 Å². The van der Waals surface area contributed by atoms with Crippen molar-refractivity contribution in [3.63, 3.8) is 0 Å². The van der Waals surface area contributed by atoms with Crippen molar-refractivity contribution in [1.82, 2.24) is 0 Å². The van der Waals surface area contributed by atoms with Crippen molar-refractivity contribution >= 4 is 54.3 Å². The van der Waals surface area contributed by atoms with Gasteiger partial charge in [-0.1, -0.05) is 152 Å². The zero-order valence-corrected chi connectivity index (χ0v) is 25.6. The molecule has 10 rings (SSSR count). The summed E-state index contributed by atoms with van der Waals surface area (Å²) in [5, 5.41) is 9.80. The molecule has 0 N–H and O–H groups in total. The molecule has 47 heavy (non-hydrogen) atoms. The third kappa shape index (κ3) is 3.84. The van der Waals surface area contributed by atoms with Crippen molar-refractivity contribution in [1.29, 1.82) is 0 Å². The summed E-state index contributed by atoms with van der Waals surface area (Å²) in [6, 6.07) is 61.6. The van der Waals surface area contributed by atoms with Crippen molar-refractivity contribution in [3.8, 4) is 44.5 Å². The second-order valence-corrected chi connectivity index (χ2v) is 12.4. The van der Waals surface area contributed by atoms with E-state index in [0.29, 0.717) is 0 Å². The fourth-order valence-corrected chi connectivity index (χ4v) is 7.89. The summed E-state index contributed by atoms with van der Waals surface area (Å²) in [5.74, 6) is 0. The van der Waals surface area contributed by atoms with Gasteiger partial charge in [0, 0.05) is 10.8 Å². The van der Waals surface area contributed by atoms with Crippen LogP contribution in [0.15, 0.2) is 174 Å². The average Bonchev–Trinajstić information content (AvgIpc) is 3.53. The Morgan fingerprint density at radius 1 is 0.277 bits per heavy atom. The average molecular weight is 597 g/mol. The molecular formula is C46H28O. The zero-order valence-electron chi connectivity index (χ0n) is 25.6. The zero-order chi connectivity index (χ0) is 30.9. The van der Waals surface area contributed by atoms with Crippen LogP contribution in [0.5, 0.6) is 0 Å². The highest BCUT2D eigenvalue weighted by molar-refractivity contribution is 6.29. The van der Waals surface area contributed by atoms with Crippen LogP contribution in [0.25, 0.3) is 98.8 Å². The van der Waals surface area contributed by atoms with Crippen LogP contribution in [-0.4, -0.2) is 0 Å². The van der Waals surface area contributed by atoms with E-state index in [1.165, 1.54) is 87.6 Å². The van der Waals surface area contributed by atoms with E-state index in [1.54, 1.807) is 0 Å². The van der Waals surface area contributed by atoms with Gasteiger partial charge in [-0.05, 0) is 95.0 Å². The number of hydrogen-bond acceptors (Lipinski definition) is 1. The summed E-state index contributed by atoms with van der Waals surface area (Å²) in [6.07, 6.45) is 0. The second kappa shape index (κ2) is 10.2. The van der Waals surface area contributed by atoms with Crippen LogP contribution in [0.2, 0.25) is 0 Å². The lowest BCUT2D eigenvalue weighted by molar-refractivity contribution is 0.669. The summed E-state index contributed by atoms with van der Waals surface area (Å²) in [6.45, 7) is 0. The first kappa shape index (κ1) is 26.1. The van der Waals surface area contributed by atoms with Crippen molar-refractivity contribution in [2.24, 2.45) is 0 Å². The van der Waals surface area contributed by atoms with Gasteiger partial charge in [0.05, 0.1) is 0 Å². The van der Waals surface area contributed by atoms with Crippen LogP contribution in [0.4, 0.5) is 0 Å². The Balaban J connectivity index is 1.37. The van der Waals surface area contributed by atoms with E-state index in [0.717, 1.165) is 11.2 Å². The van der Waals surface area contributed by atoms with Crippen LogP contribution < -0.4 is 0 Å². The van der Waals surface area contributed by atoms with Gasteiger partial charge in [0.1, 0.15) is 11.2 Å². The number of hydrogen-bond donors (Lipinski definition) is 0. The Morgan fingerprint density at radius 3 is 1.43 bits per heavy atom. The molecule has 0 aliphatic heterocycles. The lowest BCUT2D eigenvalue weighted by atomic mass is 9.80. The highest BCUT2D eigenvalue weighted by Gasteiger charge is 2.23. The molecule has 1 nitrogen and oxygen atoms in total. The van der Waals surface area contributed by atoms with Gasteiger partial charge in [-0.25, -0.2) is 0 Å². The molecule has 0 aliphatic carbocycles. The quantitative estimate of drug-likeness (QED) is 0.145. The fourth-order valence-electron chi connectivity index (χ4n) is 7.89. The van der Waals surface area contributed by atoms with Crippen LogP contribution in [0, 0.1) is 0 Å². The van der Waals surface area contributed by atoms with Gasteiger partial charge >= 0.3 is 0 Å². The molecule has 1 heteroatoms. The Morgan fingerprint density at radius 2 is 0.809 bits per heavy atom. The molecule has 10 aromatic rings. The van der Waals surface area contributed by atoms with Crippen molar-refractivity contribution in [2.45, 2.75) is 0 Å².